The minimum Gasteiger partial charge on any atom is -0.352 e. The Hall–Kier alpha value is -1.14. The summed E-state index contributed by atoms with van der Waals surface area (Å²) in [5.41, 5.74) is 6.55. The minimum absolute atomic E-state index is 0.00197. The van der Waals surface area contributed by atoms with Crippen LogP contribution in [0.4, 0.5) is 0 Å². The van der Waals surface area contributed by atoms with Gasteiger partial charge in [-0.05, 0) is 25.7 Å². The lowest BCUT2D eigenvalue weighted by molar-refractivity contribution is -0.122. The number of nitrogens with zero attached hydrogens (tertiary/aromatic N) is 1. The van der Waals surface area contributed by atoms with E-state index in [1.807, 2.05) is 12.3 Å². The lowest BCUT2D eigenvalue weighted by atomic mass is 10.2. The molecule has 0 saturated heterocycles. The molecule has 1 fully saturated rings. The van der Waals surface area contributed by atoms with E-state index < -0.39 is 0 Å². The Labute approximate surface area is 110 Å². The Kier molecular flexibility index (Phi) is 4.19. The molecule has 1 heterocycles. The summed E-state index contributed by atoms with van der Waals surface area (Å²) < 4.78 is 1.64. The second-order valence-corrected chi connectivity index (χ2v) is 5.61. The second-order valence-electron chi connectivity index (χ2n) is 4.79. The van der Waals surface area contributed by atoms with Crippen LogP contribution in [0.15, 0.2) is 10.2 Å². The molecule has 3 N–H and O–H groups in total. The largest absolute Gasteiger partial charge is 0.352 e. The molecule has 0 aromatic carbocycles. The monoisotopic (exact) mass is 269 g/mol. The number of hydrogen-bond donors (Lipinski definition) is 2. The first-order valence-electron chi connectivity index (χ1n) is 6.26. The summed E-state index contributed by atoms with van der Waals surface area (Å²) >= 11 is 1.17. The molecule has 1 aromatic heterocycles. The normalized spacial score (nSPS) is 16.6. The maximum atomic E-state index is 11.8. The van der Waals surface area contributed by atoms with Gasteiger partial charge in [0.15, 0.2) is 0 Å². The fourth-order valence-electron chi connectivity index (χ4n) is 2.03. The van der Waals surface area contributed by atoms with Gasteiger partial charge < -0.3 is 15.6 Å². The van der Waals surface area contributed by atoms with E-state index in [4.69, 9.17) is 5.73 Å². The van der Waals surface area contributed by atoms with Gasteiger partial charge in [-0.2, -0.15) is 0 Å². The van der Waals surface area contributed by atoms with Crippen molar-refractivity contribution in [3.05, 3.63) is 20.7 Å². The maximum absolute atomic E-state index is 11.8. The van der Waals surface area contributed by atoms with Crippen molar-refractivity contribution in [3.8, 4) is 0 Å². The maximum Gasteiger partial charge on any atom is 0.307 e. The highest BCUT2D eigenvalue weighted by Gasteiger charge is 2.31. The summed E-state index contributed by atoms with van der Waals surface area (Å²) in [5, 5.41) is 4.77. The van der Waals surface area contributed by atoms with Gasteiger partial charge in [0.05, 0.1) is 0 Å². The first kappa shape index (κ1) is 13.3. The lowest BCUT2D eigenvalue weighted by Crippen LogP contribution is -2.42. The molecule has 0 bridgehead atoms. The van der Waals surface area contributed by atoms with Crippen LogP contribution < -0.4 is 15.9 Å². The highest BCUT2D eigenvalue weighted by atomic mass is 32.1. The van der Waals surface area contributed by atoms with E-state index in [9.17, 15) is 9.59 Å². The van der Waals surface area contributed by atoms with Crippen molar-refractivity contribution < 1.29 is 4.79 Å². The Bertz CT molecular complexity index is 476. The highest BCUT2D eigenvalue weighted by Crippen LogP contribution is 2.32. The molecule has 1 unspecified atom stereocenters. The molecular formula is C12H19N3O2S. The molecule has 0 spiro atoms. The number of aromatic nitrogens is 1. The van der Waals surface area contributed by atoms with E-state index in [-0.39, 0.29) is 16.8 Å². The van der Waals surface area contributed by atoms with E-state index in [0.29, 0.717) is 25.4 Å². The topological polar surface area (TPSA) is 77.1 Å². The number of aryl methyl sites for hydroxylation is 1. The van der Waals surface area contributed by atoms with E-state index in [1.165, 1.54) is 11.3 Å². The molecular weight excluding hydrogens is 250 g/mol. The number of nitrogens with one attached hydrogen (secondary N) is 1. The Balaban J connectivity index is 1.83. The van der Waals surface area contributed by atoms with Crippen molar-refractivity contribution in [2.75, 3.05) is 6.54 Å². The number of thiazole rings is 1. The third-order valence-corrected chi connectivity index (χ3v) is 4.21. The van der Waals surface area contributed by atoms with E-state index in [2.05, 4.69) is 5.32 Å². The lowest BCUT2D eigenvalue weighted by Gasteiger charge is -2.16. The van der Waals surface area contributed by atoms with Gasteiger partial charge in [-0.25, -0.2) is 0 Å². The third kappa shape index (κ3) is 3.20. The van der Waals surface area contributed by atoms with Gasteiger partial charge in [0, 0.05) is 36.6 Å². The van der Waals surface area contributed by atoms with Gasteiger partial charge in [-0.1, -0.05) is 11.3 Å². The molecule has 0 aliphatic heterocycles. The molecule has 1 aromatic rings. The summed E-state index contributed by atoms with van der Waals surface area (Å²) in [6, 6.07) is 0.109. The van der Waals surface area contributed by atoms with Crippen molar-refractivity contribution in [2.45, 2.75) is 38.8 Å². The quantitative estimate of drug-likeness (QED) is 0.787. The van der Waals surface area contributed by atoms with Crippen molar-refractivity contribution in [1.82, 2.24) is 9.88 Å². The van der Waals surface area contributed by atoms with Crippen LogP contribution >= 0.6 is 11.3 Å². The number of rotatable bonds is 6. The number of carbonyl (C=O) groups is 1. The first-order valence-corrected chi connectivity index (χ1v) is 7.14. The van der Waals surface area contributed by atoms with Gasteiger partial charge in [0.25, 0.3) is 0 Å². The van der Waals surface area contributed by atoms with Gasteiger partial charge >= 0.3 is 4.87 Å². The Morgan fingerprint density at radius 2 is 2.39 bits per heavy atom. The molecule has 2 rings (SSSR count). The molecule has 1 amide bonds. The molecule has 1 saturated carbocycles. The van der Waals surface area contributed by atoms with Gasteiger partial charge in [-0.15, -0.1) is 0 Å². The van der Waals surface area contributed by atoms with Crippen LogP contribution in [0.25, 0.3) is 0 Å². The van der Waals surface area contributed by atoms with Crippen molar-refractivity contribution >= 4 is 17.2 Å². The van der Waals surface area contributed by atoms with Crippen LogP contribution in [0.1, 0.15) is 25.0 Å². The fraction of sp³-hybridized carbons (Fsp3) is 0.667. The summed E-state index contributed by atoms with van der Waals surface area (Å²) in [4.78, 5) is 23.3. The van der Waals surface area contributed by atoms with E-state index in [0.717, 1.165) is 18.5 Å². The second kappa shape index (κ2) is 5.67. The molecule has 1 atom stereocenters. The zero-order valence-corrected chi connectivity index (χ0v) is 11.3. The molecule has 6 heteroatoms. The zero-order valence-electron chi connectivity index (χ0n) is 10.5. The molecule has 1 aliphatic carbocycles. The van der Waals surface area contributed by atoms with Gasteiger partial charge in [0.1, 0.15) is 0 Å². The van der Waals surface area contributed by atoms with E-state index in [1.54, 1.807) is 4.57 Å². The number of amides is 1. The van der Waals surface area contributed by atoms with Crippen molar-refractivity contribution in [3.63, 3.8) is 0 Å². The molecule has 100 valence electrons. The predicted molar refractivity (Wildman–Crippen MR) is 71.6 cm³/mol. The predicted octanol–water partition coefficient (Wildman–Crippen LogP) is 0.462. The molecule has 18 heavy (non-hydrogen) atoms. The van der Waals surface area contributed by atoms with Gasteiger partial charge in [-0.3, -0.25) is 9.59 Å². The molecule has 5 nitrogen and oxygen atoms in total. The van der Waals surface area contributed by atoms with Gasteiger partial charge in [0.2, 0.25) is 5.91 Å². The summed E-state index contributed by atoms with van der Waals surface area (Å²) in [6.45, 7) is 2.82. The standard InChI is InChI=1S/C12H19N3O2S/c1-8-7-18-12(17)15(8)5-4-11(16)14-10(6-13)9-2-3-9/h7,9-10H,2-6,13H2,1H3,(H,14,16). The van der Waals surface area contributed by atoms with Crippen LogP contribution in [-0.2, 0) is 11.3 Å². The summed E-state index contributed by atoms with van der Waals surface area (Å²) in [7, 11) is 0. The van der Waals surface area contributed by atoms with Crippen molar-refractivity contribution in [2.24, 2.45) is 11.7 Å². The average molecular weight is 269 g/mol. The van der Waals surface area contributed by atoms with Crippen molar-refractivity contribution in [1.29, 1.82) is 0 Å². The number of nitrogens with two attached hydrogens (primary N) is 1. The Morgan fingerprint density at radius 1 is 1.67 bits per heavy atom. The van der Waals surface area contributed by atoms with Crippen LogP contribution in [-0.4, -0.2) is 23.1 Å². The number of hydrogen-bond acceptors (Lipinski definition) is 4. The van der Waals surface area contributed by atoms with Crippen LogP contribution in [0.5, 0.6) is 0 Å². The highest BCUT2D eigenvalue weighted by molar-refractivity contribution is 7.07. The zero-order chi connectivity index (χ0) is 13.1. The summed E-state index contributed by atoms with van der Waals surface area (Å²) in [6.07, 6.45) is 2.65. The van der Waals surface area contributed by atoms with E-state index >= 15 is 0 Å². The average Bonchev–Trinajstić information content (AvgIpc) is 3.13. The Morgan fingerprint density at radius 3 is 2.89 bits per heavy atom. The fourth-order valence-corrected chi connectivity index (χ4v) is 2.80. The molecule has 1 aliphatic rings. The van der Waals surface area contributed by atoms with Crippen LogP contribution in [0.2, 0.25) is 0 Å². The summed E-state index contributed by atoms with van der Waals surface area (Å²) in [5.74, 6) is 0.541. The third-order valence-electron chi connectivity index (χ3n) is 3.33. The minimum atomic E-state index is -0.0187. The first-order chi connectivity index (χ1) is 8.61. The molecule has 0 radical (unpaired) electrons. The smallest absolute Gasteiger partial charge is 0.307 e. The SMILES string of the molecule is Cc1csc(=O)n1CCC(=O)NC(CN)C1CC1. The number of carbonyl (C=O) groups excluding carboxylic acids is 1. The van der Waals surface area contributed by atoms with Crippen LogP contribution in [0.3, 0.4) is 0 Å². The van der Waals surface area contributed by atoms with Crippen LogP contribution in [0, 0.1) is 12.8 Å².